The Morgan fingerprint density at radius 3 is 2.73 bits per heavy atom. The van der Waals surface area contributed by atoms with Crippen molar-refractivity contribution in [2.24, 2.45) is 0 Å². The summed E-state index contributed by atoms with van der Waals surface area (Å²) >= 11 is 6.30. The SMILES string of the molecule is C=CC(=O)N1CCN(c2nc(OC)nc3c2CN(Cc2cc(O)ccc2Cl)C3)CC1. The van der Waals surface area contributed by atoms with E-state index >= 15 is 0 Å². The van der Waals surface area contributed by atoms with E-state index in [-0.39, 0.29) is 11.7 Å². The van der Waals surface area contributed by atoms with Crippen LogP contribution in [0.25, 0.3) is 0 Å². The molecule has 2 aliphatic rings. The molecule has 1 aromatic heterocycles. The monoisotopic (exact) mass is 429 g/mol. The van der Waals surface area contributed by atoms with Gasteiger partial charge in [0.1, 0.15) is 11.6 Å². The Kier molecular flexibility index (Phi) is 5.78. The molecular weight excluding hydrogens is 406 g/mol. The van der Waals surface area contributed by atoms with Gasteiger partial charge in [0, 0.05) is 56.4 Å². The molecule has 3 heterocycles. The molecule has 0 bridgehead atoms. The summed E-state index contributed by atoms with van der Waals surface area (Å²) in [7, 11) is 1.56. The number of fused-ring (bicyclic) bond motifs is 1. The number of amides is 1. The fourth-order valence-corrected chi connectivity index (χ4v) is 4.11. The van der Waals surface area contributed by atoms with Crippen LogP contribution in [-0.4, -0.2) is 64.1 Å². The average Bonchev–Trinajstić information content (AvgIpc) is 3.17. The van der Waals surface area contributed by atoms with Gasteiger partial charge in [-0.3, -0.25) is 9.69 Å². The van der Waals surface area contributed by atoms with Crippen molar-refractivity contribution in [3.05, 3.63) is 52.7 Å². The highest BCUT2D eigenvalue weighted by Gasteiger charge is 2.30. The first-order chi connectivity index (χ1) is 14.5. The summed E-state index contributed by atoms with van der Waals surface area (Å²) in [6, 6.07) is 5.31. The number of rotatable bonds is 5. The number of hydrogen-bond donors (Lipinski definition) is 1. The van der Waals surface area contributed by atoms with Crippen LogP contribution in [-0.2, 0) is 24.4 Å². The van der Waals surface area contributed by atoms with Crippen LogP contribution in [0.4, 0.5) is 5.82 Å². The van der Waals surface area contributed by atoms with Gasteiger partial charge >= 0.3 is 6.01 Å². The van der Waals surface area contributed by atoms with E-state index in [0.29, 0.717) is 56.8 Å². The highest BCUT2D eigenvalue weighted by molar-refractivity contribution is 6.31. The lowest BCUT2D eigenvalue weighted by Gasteiger charge is -2.35. The van der Waals surface area contributed by atoms with Crippen molar-refractivity contribution in [2.75, 3.05) is 38.2 Å². The van der Waals surface area contributed by atoms with Crippen molar-refractivity contribution >= 4 is 23.3 Å². The van der Waals surface area contributed by atoms with Gasteiger partial charge in [0.05, 0.1) is 12.8 Å². The van der Waals surface area contributed by atoms with Gasteiger partial charge in [-0.25, -0.2) is 0 Å². The summed E-state index contributed by atoms with van der Waals surface area (Å²) in [4.78, 5) is 27.2. The summed E-state index contributed by atoms with van der Waals surface area (Å²) in [5.74, 6) is 1.00. The van der Waals surface area contributed by atoms with Crippen molar-refractivity contribution in [3.63, 3.8) is 0 Å². The normalized spacial score (nSPS) is 16.5. The molecule has 1 amide bonds. The summed E-state index contributed by atoms with van der Waals surface area (Å²) in [5.41, 5.74) is 2.86. The number of piperazine rings is 1. The molecule has 8 nitrogen and oxygen atoms in total. The fourth-order valence-electron chi connectivity index (χ4n) is 3.93. The minimum absolute atomic E-state index is 0.0469. The first-order valence-corrected chi connectivity index (χ1v) is 10.2. The number of nitrogens with zero attached hydrogens (tertiary/aromatic N) is 5. The van der Waals surface area contributed by atoms with E-state index in [1.54, 1.807) is 30.2 Å². The zero-order valence-electron chi connectivity index (χ0n) is 16.8. The van der Waals surface area contributed by atoms with E-state index in [1.165, 1.54) is 6.08 Å². The summed E-state index contributed by atoms with van der Waals surface area (Å²) in [6.45, 7) is 8.08. The Morgan fingerprint density at radius 1 is 1.27 bits per heavy atom. The Bertz CT molecular complexity index is 975. The Balaban J connectivity index is 1.54. The largest absolute Gasteiger partial charge is 0.508 e. The van der Waals surface area contributed by atoms with E-state index in [0.717, 1.165) is 22.6 Å². The molecule has 1 N–H and O–H groups in total. The molecule has 0 aliphatic carbocycles. The maximum Gasteiger partial charge on any atom is 0.318 e. The number of halogens is 1. The smallest absolute Gasteiger partial charge is 0.318 e. The minimum Gasteiger partial charge on any atom is -0.508 e. The molecule has 2 aliphatic heterocycles. The Hall–Kier alpha value is -2.84. The maximum atomic E-state index is 11.9. The van der Waals surface area contributed by atoms with Crippen molar-refractivity contribution in [1.82, 2.24) is 19.8 Å². The molecule has 4 rings (SSSR count). The van der Waals surface area contributed by atoms with Gasteiger partial charge in [-0.05, 0) is 29.8 Å². The average molecular weight is 430 g/mol. The molecule has 0 saturated carbocycles. The number of phenols is 1. The molecule has 1 aromatic carbocycles. The second kappa shape index (κ2) is 8.49. The molecule has 30 heavy (non-hydrogen) atoms. The van der Waals surface area contributed by atoms with E-state index < -0.39 is 0 Å². The second-order valence-corrected chi connectivity index (χ2v) is 7.80. The molecule has 1 fully saturated rings. The zero-order chi connectivity index (χ0) is 21.3. The number of hydrogen-bond acceptors (Lipinski definition) is 7. The van der Waals surface area contributed by atoms with Crippen LogP contribution in [0.2, 0.25) is 5.02 Å². The standard InChI is InChI=1S/C21H24ClN5O3/c1-3-19(29)26-6-8-27(9-7-26)20-16-12-25(13-18(16)23-21(24-20)30-2)11-14-10-15(28)4-5-17(14)22/h3-5,10,28H,1,6-9,11-13H2,2H3. The molecule has 0 atom stereocenters. The van der Waals surface area contributed by atoms with E-state index in [2.05, 4.69) is 26.3 Å². The molecular formula is C21H24ClN5O3. The molecule has 0 unspecified atom stereocenters. The van der Waals surface area contributed by atoms with Crippen LogP contribution in [0.3, 0.4) is 0 Å². The van der Waals surface area contributed by atoms with E-state index in [1.807, 2.05) is 0 Å². The summed E-state index contributed by atoms with van der Waals surface area (Å²) in [6.07, 6.45) is 1.35. The summed E-state index contributed by atoms with van der Waals surface area (Å²) < 4.78 is 5.34. The highest BCUT2D eigenvalue weighted by Crippen LogP contribution is 2.33. The van der Waals surface area contributed by atoms with Crippen molar-refractivity contribution < 1.29 is 14.6 Å². The Labute approximate surface area is 180 Å². The lowest BCUT2D eigenvalue weighted by molar-refractivity contribution is -0.126. The van der Waals surface area contributed by atoms with E-state index in [9.17, 15) is 9.90 Å². The number of carbonyl (C=O) groups excluding carboxylic acids is 1. The van der Waals surface area contributed by atoms with Gasteiger partial charge in [0.25, 0.3) is 0 Å². The van der Waals surface area contributed by atoms with Crippen LogP contribution in [0, 0.1) is 0 Å². The molecule has 0 radical (unpaired) electrons. The topological polar surface area (TPSA) is 82.0 Å². The molecule has 9 heteroatoms. The number of aromatic nitrogens is 2. The maximum absolute atomic E-state index is 11.9. The first-order valence-electron chi connectivity index (χ1n) is 9.78. The van der Waals surface area contributed by atoms with Gasteiger partial charge in [-0.2, -0.15) is 9.97 Å². The van der Waals surface area contributed by atoms with Gasteiger partial charge in [-0.1, -0.05) is 18.2 Å². The predicted molar refractivity (Wildman–Crippen MR) is 114 cm³/mol. The third-order valence-electron chi connectivity index (χ3n) is 5.48. The van der Waals surface area contributed by atoms with Gasteiger partial charge in [0.15, 0.2) is 0 Å². The quantitative estimate of drug-likeness (QED) is 0.729. The molecule has 2 aromatic rings. The number of carbonyl (C=O) groups is 1. The third-order valence-corrected chi connectivity index (χ3v) is 5.85. The number of benzene rings is 1. The predicted octanol–water partition coefficient (Wildman–Crippen LogP) is 2.19. The number of anilines is 1. The van der Waals surface area contributed by atoms with Crippen LogP contribution in [0.1, 0.15) is 16.8 Å². The fraction of sp³-hybridized carbons (Fsp3) is 0.381. The number of methoxy groups -OCH3 is 1. The van der Waals surface area contributed by atoms with Gasteiger partial charge in [-0.15, -0.1) is 0 Å². The molecule has 158 valence electrons. The van der Waals surface area contributed by atoms with Gasteiger partial charge < -0.3 is 19.6 Å². The Morgan fingerprint density at radius 2 is 2.03 bits per heavy atom. The van der Waals surface area contributed by atoms with E-state index in [4.69, 9.17) is 16.3 Å². The molecule has 0 spiro atoms. The second-order valence-electron chi connectivity index (χ2n) is 7.40. The summed E-state index contributed by atoms with van der Waals surface area (Å²) in [5, 5.41) is 10.4. The van der Waals surface area contributed by atoms with Crippen molar-refractivity contribution in [1.29, 1.82) is 0 Å². The van der Waals surface area contributed by atoms with Crippen LogP contribution >= 0.6 is 11.6 Å². The van der Waals surface area contributed by atoms with Crippen LogP contribution in [0.15, 0.2) is 30.9 Å². The van der Waals surface area contributed by atoms with Gasteiger partial charge in [0.2, 0.25) is 5.91 Å². The lowest BCUT2D eigenvalue weighted by Crippen LogP contribution is -2.48. The number of phenolic OH excluding ortho intramolecular Hbond substituents is 1. The lowest BCUT2D eigenvalue weighted by atomic mass is 10.2. The number of ether oxygens (including phenoxy) is 1. The third kappa shape index (κ3) is 4.06. The molecule has 1 saturated heterocycles. The minimum atomic E-state index is -0.0469. The number of aromatic hydroxyl groups is 1. The van der Waals surface area contributed by atoms with Crippen molar-refractivity contribution in [2.45, 2.75) is 19.6 Å². The van der Waals surface area contributed by atoms with Crippen molar-refractivity contribution in [3.8, 4) is 11.8 Å². The zero-order valence-corrected chi connectivity index (χ0v) is 17.6. The van der Waals surface area contributed by atoms with Crippen LogP contribution < -0.4 is 9.64 Å². The highest BCUT2D eigenvalue weighted by atomic mass is 35.5. The van der Waals surface area contributed by atoms with Crippen LogP contribution in [0.5, 0.6) is 11.8 Å². The first kappa shape index (κ1) is 20.4.